The summed E-state index contributed by atoms with van der Waals surface area (Å²) in [6, 6.07) is 17.5. The van der Waals surface area contributed by atoms with Crippen LogP contribution in [-0.2, 0) is 9.53 Å². The highest BCUT2D eigenvalue weighted by Crippen LogP contribution is 2.45. The molecule has 222 valence electrons. The normalized spacial score (nSPS) is 16.2. The maximum Gasteiger partial charge on any atom is 0.271 e. The molecule has 1 aliphatic heterocycles. The van der Waals surface area contributed by atoms with E-state index in [4.69, 9.17) is 21.7 Å². The number of benzene rings is 2. The smallest absolute Gasteiger partial charge is 0.271 e. The lowest BCUT2D eigenvalue weighted by molar-refractivity contribution is -0.384. The first-order valence-electron chi connectivity index (χ1n) is 13.6. The monoisotopic (exact) mass is 600 g/mol. The number of nitrogens with zero attached hydrogens (tertiary/aromatic N) is 4. The Hall–Kier alpha value is -4.81. The summed E-state index contributed by atoms with van der Waals surface area (Å²) >= 11 is 5.92. The number of non-ortho nitro benzene ring substituents is 1. The molecule has 1 aliphatic rings. The van der Waals surface area contributed by atoms with Crippen LogP contribution in [0, 0.1) is 30.9 Å². The summed E-state index contributed by atoms with van der Waals surface area (Å²) in [6.07, 6.45) is 1.75. The highest BCUT2D eigenvalue weighted by molar-refractivity contribution is 7.80. The van der Waals surface area contributed by atoms with Crippen LogP contribution in [0.4, 0.5) is 17.1 Å². The van der Waals surface area contributed by atoms with Gasteiger partial charge in [0, 0.05) is 48.2 Å². The summed E-state index contributed by atoms with van der Waals surface area (Å²) in [6.45, 7) is 5.82. The highest BCUT2D eigenvalue weighted by atomic mass is 32.1. The zero-order valence-corrected chi connectivity index (χ0v) is 25.3. The second kappa shape index (κ2) is 12.2. The average molecular weight is 601 g/mol. The van der Waals surface area contributed by atoms with Gasteiger partial charge >= 0.3 is 0 Å². The van der Waals surface area contributed by atoms with Gasteiger partial charge in [-0.1, -0.05) is 6.07 Å². The third-order valence-electron chi connectivity index (χ3n) is 7.54. The predicted octanol–water partition coefficient (Wildman–Crippen LogP) is 5.48. The van der Waals surface area contributed by atoms with Crippen molar-refractivity contribution in [2.45, 2.75) is 32.9 Å². The number of anilines is 2. The molecule has 43 heavy (non-hydrogen) atoms. The lowest BCUT2D eigenvalue weighted by atomic mass is 9.96. The summed E-state index contributed by atoms with van der Waals surface area (Å²) in [4.78, 5) is 30.1. The molecule has 2 aromatic carbocycles. The summed E-state index contributed by atoms with van der Waals surface area (Å²) in [5, 5.41) is 18.5. The Morgan fingerprint density at radius 2 is 1.91 bits per heavy atom. The van der Waals surface area contributed by atoms with Gasteiger partial charge in [-0.05, 0) is 86.6 Å². The molecule has 11 nitrogen and oxygen atoms in total. The molecule has 1 fully saturated rings. The maximum absolute atomic E-state index is 12.2. The van der Waals surface area contributed by atoms with Gasteiger partial charge in [0.15, 0.2) is 5.11 Å². The van der Waals surface area contributed by atoms with Gasteiger partial charge in [-0.3, -0.25) is 19.9 Å². The third-order valence-corrected chi connectivity index (χ3v) is 7.85. The number of methoxy groups -OCH3 is 2. The van der Waals surface area contributed by atoms with E-state index >= 15 is 0 Å². The van der Waals surface area contributed by atoms with Crippen molar-refractivity contribution in [3.63, 3.8) is 0 Å². The number of hydrogen-bond donors (Lipinski definition) is 2. The number of carbonyl (C=O) groups excluding carboxylic acids is 1. The fourth-order valence-corrected chi connectivity index (χ4v) is 5.97. The molecule has 0 radical (unpaired) electrons. The number of hydrogen-bond acceptors (Lipinski definition) is 7. The molecule has 2 aromatic heterocycles. The van der Waals surface area contributed by atoms with Gasteiger partial charge in [0.1, 0.15) is 12.4 Å². The maximum atomic E-state index is 12.2. The molecule has 0 aliphatic carbocycles. The molecular formula is C31H32N6O5S. The summed E-state index contributed by atoms with van der Waals surface area (Å²) in [5.41, 5.74) is 6.43. The van der Waals surface area contributed by atoms with Gasteiger partial charge in [-0.15, -0.1) is 0 Å². The van der Waals surface area contributed by atoms with E-state index in [0.717, 1.165) is 33.9 Å². The topological polar surface area (TPSA) is 124 Å². The number of ether oxygens (including phenoxy) is 2. The molecule has 1 saturated heterocycles. The SMILES string of the molecule is COCC(=O)Nc1ccc(N2C(=S)N[C@H](c3ccccn3)[C@@H]2c2cc(C)n(-c3cc([N+](=O)[O-])ccc3OC)c2C)cc1C. The molecule has 4 aromatic rings. The van der Waals surface area contributed by atoms with Crippen molar-refractivity contribution in [1.29, 1.82) is 0 Å². The molecule has 0 spiro atoms. The zero-order chi connectivity index (χ0) is 30.8. The molecular weight excluding hydrogens is 568 g/mol. The van der Waals surface area contributed by atoms with Crippen LogP contribution in [-0.4, -0.2) is 46.3 Å². The standard InChI is InChI=1S/C31H32N6O5S/c1-18-14-21(9-11-24(18)33-28(38)17-41-4)36-30(29(34-31(36)43)25-8-6-7-13-32-25)23-15-19(2)35(20(23)3)26-16-22(37(39)40)10-12-27(26)42-5/h6-16,29-30H,17H2,1-5H3,(H,33,38)(H,34,43)/t29-,30+/m1/s1. The van der Waals surface area contributed by atoms with E-state index in [2.05, 4.69) is 26.6 Å². The van der Waals surface area contributed by atoms with Crippen molar-refractivity contribution >= 4 is 40.3 Å². The largest absolute Gasteiger partial charge is 0.495 e. The number of nitrogens with one attached hydrogen (secondary N) is 2. The first-order valence-corrected chi connectivity index (χ1v) is 14.0. The Morgan fingerprint density at radius 1 is 1.12 bits per heavy atom. The van der Waals surface area contributed by atoms with E-state index in [1.165, 1.54) is 19.2 Å². The second-order valence-corrected chi connectivity index (χ2v) is 10.6. The zero-order valence-electron chi connectivity index (χ0n) is 24.5. The number of amides is 1. The number of nitro benzene ring substituents is 1. The Morgan fingerprint density at radius 3 is 2.56 bits per heavy atom. The molecule has 5 rings (SSSR count). The van der Waals surface area contributed by atoms with Gasteiger partial charge in [0.25, 0.3) is 5.69 Å². The summed E-state index contributed by atoms with van der Waals surface area (Å²) in [5.74, 6) is 0.271. The number of rotatable bonds is 9. The lowest BCUT2D eigenvalue weighted by Crippen LogP contribution is -2.29. The number of carbonyl (C=O) groups is 1. The molecule has 1 amide bonds. The van der Waals surface area contributed by atoms with Crippen LogP contribution < -0.4 is 20.3 Å². The van der Waals surface area contributed by atoms with E-state index in [1.54, 1.807) is 19.4 Å². The van der Waals surface area contributed by atoms with Gasteiger partial charge in [0.2, 0.25) is 5.91 Å². The Balaban J connectivity index is 1.65. The number of nitro groups is 1. The van der Waals surface area contributed by atoms with Crippen LogP contribution in [0.25, 0.3) is 5.69 Å². The molecule has 0 unspecified atom stereocenters. The molecule has 0 saturated carbocycles. The minimum absolute atomic E-state index is 0.0327. The van der Waals surface area contributed by atoms with Crippen molar-refractivity contribution in [2.75, 3.05) is 31.0 Å². The summed E-state index contributed by atoms with van der Waals surface area (Å²) < 4.78 is 12.5. The fraction of sp³-hybridized carbons (Fsp3) is 0.258. The Kier molecular flexibility index (Phi) is 8.42. The quantitative estimate of drug-likeness (QED) is 0.146. The number of aryl methyl sites for hydroxylation is 2. The van der Waals surface area contributed by atoms with Crippen LogP contribution in [0.2, 0.25) is 0 Å². The second-order valence-electron chi connectivity index (χ2n) is 10.3. The Bertz CT molecular complexity index is 1710. The lowest BCUT2D eigenvalue weighted by Gasteiger charge is -2.29. The number of pyridine rings is 1. The average Bonchev–Trinajstić information content (AvgIpc) is 3.48. The van der Waals surface area contributed by atoms with Gasteiger partial charge < -0.3 is 29.6 Å². The highest BCUT2D eigenvalue weighted by Gasteiger charge is 2.42. The molecule has 12 heteroatoms. The van der Waals surface area contributed by atoms with E-state index in [1.807, 2.05) is 61.7 Å². The van der Waals surface area contributed by atoms with Crippen LogP contribution in [0.5, 0.6) is 5.75 Å². The third kappa shape index (κ3) is 5.66. The van der Waals surface area contributed by atoms with Crippen molar-refractivity contribution < 1.29 is 19.2 Å². The summed E-state index contributed by atoms with van der Waals surface area (Å²) in [7, 11) is 3.02. The minimum Gasteiger partial charge on any atom is -0.495 e. The molecule has 3 heterocycles. The van der Waals surface area contributed by atoms with Gasteiger partial charge in [-0.2, -0.15) is 0 Å². The van der Waals surface area contributed by atoms with Crippen LogP contribution in [0.15, 0.2) is 66.9 Å². The van der Waals surface area contributed by atoms with Crippen LogP contribution in [0.1, 0.15) is 40.3 Å². The van der Waals surface area contributed by atoms with E-state index < -0.39 is 4.92 Å². The predicted molar refractivity (Wildman–Crippen MR) is 168 cm³/mol. The molecule has 0 bridgehead atoms. The van der Waals surface area contributed by atoms with Crippen molar-refractivity contribution in [1.82, 2.24) is 14.9 Å². The van der Waals surface area contributed by atoms with Gasteiger partial charge in [0.05, 0.1) is 35.5 Å². The van der Waals surface area contributed by atoms with Crippen molar-refractivity contribution in [3.8, 4) is 11.4 Å². The minimum atomic E-state index is -0.417. The molecule has 2 atom stereocenters. The van der Waals surface area contributed by atoms with Crippen LogP contribution >= 0.6 is 12.2 Å². The van der Waals surface area contributed by atoms with Gasteiger partial charge in [-0.25, -0.2) is 0 Å². The van der Waals surface area contributed by atoms with E-state index in [0.29, 0.717) is 22.2 Å². The number of thiocarbonyl (C=S) groups is 1. The first kappa shape index (κ1) is 29.7. The molecule has 2 N–H and O–H groups in total. The van der Waals surface area contributed by atoms with Crippen molar-refractivity contribution in [3.05, 3.63) is 105 Å². The number of aromatic nitrogens is 2. The van der Waals surface area contributed by atoms with Crippen molar-refractivity contribution in [2.24, 2.45) is 0 Å². The van der Waals surface area contributed by atoms with E-state index in [9.17, 15) is 14.9 Å². The van der Waals surface area contributed by atoms with Crippen LogP contribution in [0.3, 0.4) is 0 Å². The van der Waals surface area contributed by atoms with E-state index in [-0.39, 0.29) is 30.3 Å². The first-order chi connectivity index (χ1) is 20.6. The Labute approximate surface area is 254 Å². The fourth-order valence-electron chi connectivity index (χ4n) is 5.63.